The Bertz CT molecular complexity index is 579. The molecule has 0 aliphatic heterocycles. The van der Waals surface area contributed by atoms with E-state index in [9.17, 15) is 9.59 Å². The van der Waals surface area contributed by atoms with Crippen molar-refractivity contribution < 1.29 is 9.59 Å². The summed E-state index contributed by atoms with van der Waals surface area (Å²) in [6, 6.07) is 19.0. The van der Waals surface area contributed by atoms with E-state index < -0.39 is 0 Å². The lowest BCUT2D eigenvalue weighted by Crippen LogP contribution is -2.23. The molecule has 2 aromatic rings. The molecule has 0 radical (unpaired) electrons. The predicted molar refractivity (Wildman–Crippen MR) is 85.7 cm³/mol. The van der Waals surface area contributed by atoms with Gasteiger partial charge in [-0.15, -0.1) is 0 Å². The second-order valence-corrected chi connectivity index (χ2v) is 4.79. The number of benzene rings is 2. The highest BCUT2D eigenvalue weighted by Crippen LogP contribution is 1.99. The van der Waals surface area contributed by atoms with Crippen molar-refractivity contribution in [3.05, 3.63) is 84.2 Å². The van der Waals surface area contributed by atoms with Gasteiger partial charge in [-0.25, -0.2) is 0 Å². The Hall–Kier alpha value is -2.88. The molecule has 0 unspecified atom stereocenters. The first kappa shape index (κ1) is 15.5. The highest BCUT2D eigenvalue weighted by atomic mass is 16.2. The standard InChI is InChI=1S/C18H18N2O2/c21-17(13-15-7-3-1-4-8-15)19-11-12-20-18(22)14-16-9-5-2-6-10-16/h1-12H,13-14H2,(H,19,21)(H,20,22). The minimum absolute atomic E-state index is 0.125. The Morgan fingerprint density at radius 3 is 1.41 bits per heavy atom. The quantitative estimate of drug-likeness (QED) is 0.858. The number of hydrogen-bond donors (Lipinski definition) is 2. The van der Waals surface area contributed by atoms with Gasteiger partial charge in [0.15, 0.2) is 0 Å². The third-order valence-corrected chi connectivity index (χ3v) is 2.99. The van der Waals surface area contributed by atoms with Crippen LogP contribution in [0, 0.1) is 0 Å². The molecule has 0 aliphatic carbocycles. The maximum Gasteiger partial charge on any atom is 0.228 e. The van der Waals surface area contributed by atoms with Crippen LogP contribution in [0.3, 0.4) is 0 Å². The Labute approximate surface area is 129 Å². The van der Waals surface area contributed by atoms with Crippen LogP contribution in [0.5, 0.6) is 0 Å². The van der Waals surface area contributed by atoms with Gasteiger partial charge in [-0.2, -0.15) is 0 Å². The van der Waals surface area contributed by atoms with Gasteiger partial charge in [-0.3, -0.25) is 9.59 Å². The first-order valence-electron chi connectivity index (χ1n) is 7.05. The number of carbonyl (C=O) groups is 2. The fraction of sp³-hybridized carbons (Fsp3) is 0.111. The third kappa shape index (κ3) is 5.63. The molecular formula is C18H18N2O2. The molecule has 2 amide bonds. The maximum atomic E-state index is 11.7. The van der Waals surface area contributed by atoms with Crippen LogP contribution in [0.1, 0.15) is 11.1 Å². The van der Waals surface area contributed by atoms with Gasteiger partial charge in [-0.1, -0.05) is 60.7 Å². The van der Waals surface area contributed by atoms with Crippen LogP contribution in [-0.4, -0.2) is 11.8 Å². The number of hydrogen-bond acceptors (Lipinski definition) is 2. The molecule has 2 aromatic carbocycles. The molecule has 4 nitrogen and oxygen atoms in total. The molecule has 0 aromatic heterocycles. The summed E-state index contributed by atoms with van der Waals surface area (Å²) in [6.45, 7) is 0. The number of nitrogens with one attached hydrogen (secondary N) is 2. The lowest BCUT2D eigenvalue weighted by molar-refractivity contribution is -0.120. The monoisotopic (exact) mass is 294 g/mol. The second-order valence-electron chi connectivity index (χ2n) is 4.79. The van der Waals surface area contributed by atoms with Crippen LogP contribution in [-0.2, 0) is 22.4 Å². The van der Waals surface area contributed by atoms with Gasteiger partial charge in [-0.05, 0) is 11.1 Å². The van der Waals surface area contributed by atoms with Crippen LogP contribution < -0.4 is 10.6 Å². The van der Waals surface area contributed by atoms with Crippen LogP contribution in [0.15, 0.2) is 73.1 Å². The number of rotatable bonds is 6. The molecule has 0 spiro atoms. The summed E-state index contributed by atoms with van der Waals surface area (Å²) >= 11 is 0. The summed E-state index contributed by atoms with van der Waals surface area (Å²) in [5.74, 6) is -0.250. The van der Waals surface area contributed by atoms with Crippen molar-refractivity contribution >= 4 is 11.8 Å². The van der Waals surface area contributed by atoms with Gasteiger partial charge in [0.1, 0.15) is 0 Å². The predicted octanol–water partition coefficient (Wildman–Crippen LogP) is 2.18. The lowest BCUT2D eigenvalue weighted by Gasteiger charge is -2.02. The average Bonchev–Trinajstić information content (AvgIpc) is 2.53. The molecule has 0 aliphatic rings. The maximum absolute atomic E-state index is 11.7. The first-order valence-corrected chi connectivity index (χ1v) is 7.05. The molecule has 112 valence electrons. The van der Waals surface area contributed by atoms with Crippen molar-refractivity contribution in [1.29, 1.82) is 0 Å². The summed E-state index contributed by atoms with van der Waals surface area (Å²) in [5, 5.41) is 5.23. The molecule has 0 atom stereocenters. The molecule has 0 bridgehead atoms. The molecule has 0 heterocycles. The zero-order valence-electron chi connectivity index (χ0n) is 12.2. The first-order chi connectivity index (χ1) is 10.7. The summed E-state index contributed by atoms with van der Waals surface area (Å²) in [7, 11) is 0. The smallest absolute Gasteiger partial charge is 0.228 e. The van der Waals surface area contributed by atoms with Crippen molar-refractivity contribution in [2.24, 2.45) is 0 Å². The Morgan fingerprint density at radius 1 is 0.682 bits per heavy atom. The van der Waals surface area contributed by atoms with E-state index in [0.29, 0.717) is 12.8 Å². The van der Waals surface area contributed by atoms with Crippen molar-refractivity contribution in [3.8, 4) is 0 Å². The molecule has 2 N–H and O–H groups in total. The molecular weight excluding hydrogens is 276 g/mol. The minimum atomic E-state index is -0.125. The van der Waals surface area contributed by atoms with E-state index in [1.165, 1.54) is 12.4 Å². The van der Waals surface area contributed by atoms with Crippen LogP contribution in [0.4, 0.5) is 0 Å². The summed E-state index contributed by atoms with van der Waals surface area (Å²) in [4.78, 5) is 23.3. The highest BCUT2D eigenvalue weighted by molar-refractivity contribution is 5.80. The lowest BCUT2D eigenvalue weighted by atomic mass is 10.1. The zero-order chi connectivity index (χ0) is 15.6. The van der Waals surface area contributed by atoms with Crippen molar-refractivity contribution in [3.63, 3.8) is 0 Å². The average molecular weight is 294 g/mol. The van der Waals surface area contributed by atoms with E-state index in [2.05, 4.69) is 10.6 Å². The van der Waals surface area contributed by atoms with Gasteiger partial charge in [0.2, 0.25) is 11.8 Å². The SMILES string of the molecule is O=C(Cc1ccccc1)NC=CNC(=O)Cc1ccccc1. The van der Waals surface area contributed by atoms with Gasteiger partial charge >= 0.3 is 0 Å². The minimum Gasteiger partial charge on any atom is -0.331 e. The number of amides is 2. The largest absolute Gasteiger partial charge is 0.331 e. The molecule has 0 saturated heterocycles. The molecule has 0 saturated carbocycles. The van der Waals surface area contributed by atoms with Crippen LogP contribution in [0.2, 0.25) is 0 Å². The highest BCUT2D eigenvalue weighted by Gasteiger charge is 2.01. The van der Waals surface area contributed by atoms with Gasteiger partial charge in [0.05, 0.1) is 12.8 Å². The summed E-state index contributed by atoms with van der Waals surface area (Å²) < 4.78 is 0. The Kier molecular flexibility index (Phi) is 5.93. The Morgan fingerprint density at radius 2 is 1.05 bits per heavy atom. The fourth-order valence-electron chi connectivity index (χ4n) is 1.93. The summed E-state index contributed by atoms with van der Waals surface area (Å²) in [6.07, 6.45) is 3.49. The van der Waals surface area contributed by atoms with E-state index >= 15 is 0 Å². The second kappa shape index (κ2) is 8.42. The van der Waals surface area contributed by atoms with Crippen molar-refractivity contribution in [2.75, 3.05) is 0 Å². The topological polar surface area (TPSA) is 58.2 Å². The van der Waals surface area contributed by atoms with E-state index in [0.717, 1.165) is 11.1 Å². The van der Waals surface area contributed by atoms with Crippen molar-refractivity contribution in [2.45, 2.75) is 12.8 Å². The number of carbonyl (C=O) groups excluding carboxylic acids is 2. The van der Waals surface area contributed by atoms with Gasteiger partial charge < -0.3 is 10.6 Å². The van der Waals surface area contributed by atoms with Gasteiger partial charge in [0, 0.05) is 12.4 Å². The zero-order valence-corrected chi connectivity index (χ0v) is 12.2. The van der Waals surface area contributed by atoms with E-state index in [1.54, 1.807) is 0 Å². The Balaban J connectivity index is 1.69. The fourth-order valence-corrected chi connectivity index (χ4v) is 1.93. The molecule has 4 heteroatoms. The van der Waals surface area contributed by atoms with Gasteiger partial charge in [0.25, 0.3) is 0 Å². The normalized spacial score (nSPS) is 10.4. The van der Waals surface area contributed by atoms with E-state index in [1.807, 2.05) is 60.7 Å². The van der Waals surface area contributed by atoms with Crippen LogP contribution in [0.25, 0.3) is 0 Å². The van der Waals surface area contributed by atoms with E-state index in [-0.39, 0.29) is 11.8 Å². The molecule has 22 heavy (non-hydrogen) atoms. The summed E-state index contributed by atoms with van der Waals surface area (Å²) in [5.41, 5.74) is 1.89. The third-order valence-electron chi connectivity index (χ3n) is 2.99. The molecule has 0 fully saturated rings. The van der Waals surface area contributed by atoms with Crippen LogP contribution >= 0.6 is 0 Å². The van der Waals surface area contributed by atoms with E-state index in [4.69, 9.17) is 0 Å². The van der Waals surface area contributed by atoms with Crippen molar-refractivity contribution in [1.82, 2.24) is 10.6 Å². The molecule has 2 rings (SSSR count).